The maximum atomic E-state index is 13.2. The molecule has 0 aliphatic carbocycles. The maximum absolute atomic E-state index is 13.2. The molecule has 6 rings (SSSR count). The van der Waals surface area contributed by atoms with Crippen LogP contribution in [0, 0.1) is 13.8 Å². The van der Waals surface area contributed by atoms with E-state index in [0.717, 1.165) is 27.8 Å². The van der Waals surface area contributed by atoms with E-state index >= 15 is 0 Å². The number of nitrogens with two attached hydrogens (primary N) is 2. The van der Waals surface area contributed by atoms with Crippen LogP contribution in [-0.4, -0.2) is 5.97 Å². The molecule has 198 valence electrons. The van der Waals surface area contributed by atoms with Crippen molar-refractivity contribution in [3.8, 4) is 23.0 Å². The molecule has 5 aromatic rings. The van der Waals surface area contributed by atoms with Gasteiger partial charge in [-0.3, -0.25) is 0 Å². The van der Waals surface area contributed by atoms with Crippen molar-refractivity contribution in [2.45, 2.75) is 19.4 Å². The van der Waals surface area contributed by atoms with Gasteiger partial charge in [0.25, 0.3) is 0 Å². The van der Waals surface area contributed by atoms with Crippen LogP contribution in [0.5, 0.6) is 23.0 Å². The first kappa shape index (κ1) is 25.1. The zero-order chi connectivity index (χ0) is 27.9. The number of anilines is 2. The zero-order valence-electron chi connectivity index (χ0n) is 22.2. The molecular formula is C34H28N2O4. The Bertz CT molecular complexity index is 1630. The number of nitrogen functional groups attached to an aromatic ring is 2. The molecule has 0 spiro atoms. The van der Waals surface area contributed by atoms with Crippen molar-refractivity contribution in [1.82, 2.24) is 0 Å². The summed E-state index contributed by atoms with van der Waals surface area (Å²) in [5.74, 6) is 2.40. The fourth-order valence-electron chi connectivity index (χ4n) is 5.10. The molecule has 5 aromatic carbocycles. The second-order valence-electron chi connectivity index (χ2n) is 9.92. The maximum Gasteiger partial charge on any atom is 0.340 e. The zero-order valence-corrected chi connectivity index (χ0v) is 22.2. The number of fused-ring (bicyclic) bond motifs is 1. The second-order valence-corrected chi connectivity index (χ2v) is 9.92. The van der Waals surface area contributed by atoms with Gasteiger partial charge in [0.1, 0.15) is 23.0 Å². The lowest BCUT2D eigenvalue weighted by molar-refractivity contribution is 0.0251. The van der Waals surface area contributed by atoms with Crippen LogP contribution in [0.4, 0.5) is 11.4 Å². The summed E-state index contributed by atoms with van der Waals surface area (Å²) in [5, 5.41) is 0. The number of hydrogen-bond acceptors (Lipinski definition) is 6. The summed E-state index contributed by atoms with van der Waals surface area (Å²) in [7, 11) is 0. The van der Waals surface area contributed by atoms with Gasteiger partial charge in [0.2, 0.25) is 0 Å². The molecule has 0 bridgehead atoms. The second kappa shape index (κ2) is 9.82. The Morgan fingerprint density at radius 1 is 0.625 bits per heavy atom. The van der Waals surface area contributed by atoms with Gasteiger partial charge < -0.3 is 25.7 Å². The minimum Gasteiger partial charge on any atom is -0.457 e. The summed E-state index contributed by atoms with van der Waals surface area (Å²) < 4.78 is 18.5. The average molecular weight is 529 g/mol. The van der Waals surface area contributed by atoms with E-state index in [9.17, 15) is 4.79 Å². The van der Waals surface area contributed by atoms with E-state index in [4.69, 9.17) is 25.7 Å². The van der Waals surface area contributed by atoms with E-state index in [0.29, 0.717) is 39.9 Å². The third-order valence-corrected chi connectivity index (χ3v) is 7.15. The van der Waals surface area contributed by atoms with Crippen LogP contribution in [0.15, 0.2) is 109 Å². The van der Waals surface area contributed by atoms with Gasteiger partial charge in [-0.1, -0.05) is 30.3 Å². The number of hydrogen-bond donors (Lipinski definition) is 2. The molecular weight excluding hydrogens is 500 g/mol. The predicted octanol–water partition coefficient (Wildman–Crippen LogP) is 7.51. The molecule has 0 saturated carbocycles. The Morgan fingerprint density at radius 2 is 1.10 bits per heavy atom. The molecule has 1 heterocycles. The summed E-state index contributed by atoms with van der Waals surface area (Å²) in [6.07, 6.45) is 0. The van der Waals surface area contributed by atoms with Crippen LogP contribution in [0.1, 0.15) is 38.2 Å². The van der Waals surface area contributed by atoms with Gasteiger partial charge in [0, 0.05) is 28.1 Å². The number of ether oxygens (including phenoxy) is 3. The highest BCUT2D eigenvalue weighted by Crippen LogP contribution is 2.48. The third kappa shape index (κ3) is 4.39. The lowest BCUT2D eigenvalue weighted by Gasteiger charge is -2.31. The first-order valence-electron chi connectivity index (χ1n) is 13.0. The first-order valence-corrected chi connectivity index (χ1v) is 13.0. The molecule has 0 unspecified atom stereocenters. The number of carbonyl (C=O) groups excluding carboxylic acids is 1. The van der Waals surface area contributed by atoms with Gasteiger partial charge in [0.15, 0.2) is 5.60 Å². The van der Waals surface area contributed by atoms with Crippen LogP contribution >= 0.6 is 0 Å². The standard InChI is InChI=1S/C34H28N2O4/c1-21-19-23(7-17-31(21)38-27-13-9-25(35)10-14-27)34(30-6-4-3-5-29(30)33(37)40-34)24-8-18-32(22(2)20-24)39-28-15-11-26(36)12-16-28/h3-20H,35-36H2,1-2H3. The Labute approximate surface area is 232 Å². The molecule has 4 N–H and O–H groups in total. The van der Waals surface area contributed by atoms with Gasteiger partial charge in [-0.15, -0.1) is 0 Å². The molecule has 0 aromatic heterocycles. The average Bonchev–Trinajstić information content (AvgIpc) is 3.26. The molecule has 1 aliphatic heterocycles. The highest BCUT2D eigenvalue weighted by Gasteiger charge is 2.48. The first-order chi connectivity index (χ1) is 19.3. The highest BCUT2D eigenvalue weighted by atomic mass is 16.6. The van der Waals surface area contributed by atoms with E-state index < -0.39 is 5.60 Å². The molecule has 6 nitrogen and oxygen atoms in total. The Kier molecular flexibility index (Phi) is 6.15. The Morgan fingerprint density at radius 3 is 1.57 bits per heavy atom. The van der Waals surface area contributed by atoms with E-state index in [2.05, 4.69) is 0 Å². The van der Waals surface area contributed by atoms with Crippen LogP contribution in [-0.2, 0) is 10.3 Å². The molecule has 40 heavy (non-hydrogen) atoms. The van der Waals surface area contributed by atoms with E-state index in [1.165, 1.54) is 0 Å². The lowest BCUT2D eigenvalue weighted by Crippen LogP contribution is -2.29. The number of aryl methyl sites for hydroxylation is 2. The number of esters is 1. The van der Waals surface area contributed by atoms with E-state index in [1.54, 1.807) is 30.3 Å². The highest BCUT2D eigenvalue weighted by molar-refractivity contribution is 5.96. The summed E-state index contributed by atoms with van der Waals surface area (Å²) in [5.41, 5.74) is 16.6. The van der Waals surface area contributed by atoms with Crippen molar-refractivity contribution in [3.05, 3.63) is 143 Å². The summed E-state index contributed by atoms with van der Waals surface area (Å²) in [6.45, 7) is 3.95. The van der Waals surface area contributed by atoms with Crippen molar-refractivity contribution >= 4 is 17.3 Å². The summed E-state index contributed by atoms with van der Waals surface area (Å²) >= 11 is 0. The quantitative estimate of drug-likeness (QED) is 0.175. The van der Waals surface area contributed by atoms with Gasteiger partial charge in [-0.2, -0.15) is 0 Å². The van der Waals surface area contributed by atoms with Crippen molar-refractivity contribution in [3.63, 3.8) is 0 Å². The SMILES string of the molecule is Cc1cc(C2(c3ccc(Oc4ccc(N)cc4)c(C)c3)OC(=O)c3ccccc32)ccc1Oc1ccc(N)cc1. The molecule has 0 radical (unpaired) electrons. The minimum atomic E-state index is -1.14. The van der Waals surface area contributed by atoms with Crippen molar-refractivity contribution < 1.29 is 19.0 Å². The minimum absolute atomic E-state index is 0.365. The Hall–Kier alpha value is -5.23. The molecule has 6 heteroatoms. The summed E-state index contributed by atoms with van der Waals surface area (Å²) in [6, 6.07) is 33.8. The smallest absolute Gasteiger partial charge is 0.340 e. The fourth-order valence-corrected chi connectivity index (χ4v) is 5.10. The third-order valence-electron chi connectivity index (χ3n) is 7.15. The molecule has 0 atom stereocenters. The molecule has 0 fully saturated rings. The predicted molar refractivity (Wildman–Crippen MR) is 156 cm³/mol. The van der Waals surface area contributed by atoms with Crippen molar-refractivity contribution in [2.24, 2.45) is 0 Å². The van der Waals surface area contributed by atoms with Crippen LogP contribution in [0.25, 0.3) is 0 Å². The van der Waals surface area contributed by atoms with E-state index in [1.807, 2.05) is 92.7 Å². The fraction of sp³-hybridized carbons (Fsp3) is 0.0882. The Balaban J connectivity index is 1.43. The largest absolute Gasteiger partial charge is 0.457 e. The lowest BCUT2D eigenvalue weighted by atomic mass is 9.79. The van der Waals surface area contributed by atoms with Gasteiger partial charge in [-0.25, -0.2) is 4.79 Å². The molecule has 0 saturated heterocycles. The van der Waals surface area contributed by atoms with E-state index in [-0.39, 0.29) is 5.97 Å². The van der Waals surface area contributed by atoms with Crippen LogP contribution < -0.4 is 20.9 Å². The number of carbonyl (C=O) groups is 1. The number of cyclic esters (lactones) is 1. The number of rotatable bonds is 6. The van der Waals surface area contributed by atoms with Crippen molar-refractivity contribution in [2.75, 3.05) is 11.5 Å². The molecule has 1 aliphatic rings. The normalized spacial score (nSPS) is 13.4. The van der Waals surface area contributed by atoms with Gasteiger partial charge in [0.05, 0.1) is 5.56 Å². The number of benzene rings is 5. The topological polar surface area (TPSA) is 96.8 Å². The van der Waals surface area contributed by atoms with Gasteiger partial charge >= 0.3 is 5.97 Å². The van der Waals surface area contributed by atoms with Gasteiger partial charge in [-0.05, 0) is 104 Å². The van der Waals surface area contributed by atoms with Crippen molar-refractivity contribution in [1.29, 1.82) is 0 Å². The van der Waals surface area contributed by atoms with Crippen LogP contribution in [0.3, 0.4) is 0 Å². The molecule has 0 amide bonds. The summed E-state index contributed by atoms with van der Waals surface area (Å²) in [4.78, 5) is 13.2. The van der Waals surface area contributed by atoms with Crippen LogP contribution in [0.2, 0.25) is 0 Å². The monoisotopic (exact) mass is 528 g/mol.